The van der Waals surface area contributed by atoms with E-state index in [2.05, 4.69) is 54.6 Å². The highest BCUT2D eigenvalue weighted by Gasteiger charge is 2.44. The van der Waals surface area contributed by atoms with Gasteiger partial charge in [0.2, 0.25) is 0 Å². The maximum Gasteiger partial charge on any atom is 0.186 e. The molecule has 0 saturated carbocycles. The molecule has 2 heteroatoms. The highest BCUT2D eigenvalue weighted by molar-refractivity contribution is 6.16. The number of carbonyl (C=O) groups excluding carboxylic acids is 2. The normalized spacial score (nSPS) is 24.4. The number of fused-ring (bicyclic) bond motifs is 3. The first kappa shape index (κ1) is 16.6. The highest BCUT2D eigenvalue weighted by Crippen LogP contribution is 2.53. The number of hydrogen-bond acceptors (Lipinski definition) is 2. The summed E-state index contributed by atoms with van der Waals surface area (Å²) in [5.41, 5.74) is 8.67. The molecule has 2 unspecified atom stereocenters. The second-order valence-electron chi connectivity index (χ2n) is 9.20. The molecule has 2 nitrogen and oxygen atoms in total. The van der Waals surface area contributed by atoms with Crippen LogP contribution in [0.3, 0.4) is 0 Å². The van der Waals surface area contributed by atoms with Crippen LogP contribution in [0.5, 0.6) is 0 Å². The topological polar surface area (TPSA) is 34.1 Å². The molecule has 2 aromatic rings. The molecule has 0 saturated heterocycles. The Bertz CT molecular complexity index is 1800. The van der Waals surface area contributed by atoms with Crippen LogP contribution >= 0.6 is 0 Å². The van der Waals surface area contributed by atoms with Crippen LogP contribution in [-0.2, 0) is 4.79 Å². The SMILES string of the molecule is O=C1C=C2C=c3ccccc3=C3C=C4C=Cc5cc6c(c7c5C4C(=C1C=7)C23)=CC=CC6=O. The molecule has 6 aliphatic rings. The van der Waals surface area contributed by atoms with Gasteiger partial charge in [0.15, 0.2) is 11.6 Å². The zero-order valence-corrected chi connectivity index (χ0v) is 17.1. The minimum absolute atomic E-state index is 0.0272. The second-order valence-corrected chi connectivity index (χ2v) is 9.20. The van der Waals surface area contributed by atoms with Crippen molar-refractivity contribution >= 4 is 41.4 Å². The molecule has 2 aromatic carbocycles. The first-order valence-electron chi connectivity index (χ1n) is 11.0. The van der Waals surface area contributed by atoms with Crippen molar-refractivity contribution in [1.82, 2.24) is 0 Å². The van der Waals surface area contributed by atoms with E-state index in [4.69, 9.17) is 0 Å². The molecule has 0 radical (unpaired) electrons. The van der Waals surface area contributed by atoms with Crippen molar-refractivity contribution in [3.8, 4) is 0 Å². The molecule has 148 valence electrons. The van der Waals surface area contributed by atoms with Gasteiger partial charge in [0.05, 0.1) is 0 Å². The maximum atomic E-state index is 13.4. The van der Waals surface area contributed by atoms with Crippen molar-refractivity contribution in [2.75, 3.05) is 0 Å². The average Bonchev–Trinajstić information content (AvgIpc) is 2.81. The highest BCUT2D eigenvalue weighted by atomic mass is 16.1. The molecule has 0 bridgehead atoms. The van der Waals surface area contributed by atoms with Crippen molar-refractivity contribution < 1.29 is 9.59 Å². The Morgan fingerprint density at radius 2 is 1.66 bits per heavy atom. The Hall–Kier alpha value is -4.04. The summed E-state index contributed by atoms with van der Waals surface area (Å²) < 4.78 is 0. The lowest BCUT2D eigenvalue weighted by Crippen LogP contribution is -2.45. The van der Waals surface area contributed by atoms with E-state index in [1.807, 2.05) is 24.3 Å². The predicted molar refractivity (Wildman–Crippen MR) is 125 cm³/mol. The zero-order valence-electron chi connectivity index (χ0n) is 17.1. The van der Waals surface area contributed by atoms with Gasteiger partial charge < -0.3 is 0 Å². The van der Waals surface area contributed by atoms with Gasteiger partial charge in [-0.2, -0.15) is 0 Å². The van der Waals surface area contributed by atoms with Crippen molar-refractivity contribution in [1.29, 1.82) is 0 Å². The van der Waals surface area contributed by atoms with Crippen LogP contribution in [0.4, 0.5) is 0 Å². The number of hydrogen-bond donors (Lipinski definition) is 0. The third kappa shape index (κ3) is 1.83. The van der Waals surface area contributed by atoms with Gasteiger partial charge in [0, 0.05) is 23.0 Å². The number of ketones is 2. The monoisotopic (exact) mass is 408 g/mol. The van der Waals surface area contributed by atoms with Gasteiger partial charge in [0.1, 0.15) is 0 Å². The summed E-state index contributed by atoms with van der Waals surface area (Å²) in [7, 11) is 0. The van der Waals surface area contributed by atoms with Crippen LogP contribution in [-0.4, -0.2) is 11.6 Å². The van der Waals surface area contributed by atoms with Gasteiger partial charge in [-0.15, -0.1) is 0 Å². The first-order chi connectivity index (χ1) is 15.7. The van der Waals surface area contributed by atoms with E-state index in [9.17, 15) is 9.59 Å². The van der Waals surface area contributed by atoms with E-state index < -0.39 is 0 Å². The molecule has 0 aromatic heterocycles. The Balaban J connectivity index is 1.58. The summed E-state index contributed by atoms with van der Waals surface area (Å²) in [6.45, 7) is 0. The maximum absolute atomic E-state index is 13.4. The number of allylic oxidation sites excluding steroid dienone is 9. The first-order valence-corrected chi connectivity index (χ1v) is 11.0. The molecule has 0 N–H and O–H groups in total. The van der Waals surface area contributed by atoms with E-state index in [0.29, 0.717) is 0 Å². The van der Waals surface area contributed by atoms with E-state index in [1.165, 1.54) is 32.7 Å². The van der Waals surface area contributed by atoms with Gasteiger partial charge in [-0.05, 0) is 78.6 Å². The molecule has 6 aliphatic carbocycles. The van der Waals surface area contributed by atoms with Crippen LogP contribution in [0.25, 0.3) is 29.9 Å². The lowest BCUT2D eigenvalue weighted by molar-refractivity contribution is -0.111. The molecule has 0 spiro atoms. The van der Waals surface area contributed by atoms with E-state index in [0.717, 1.165) is 32.7 Å². The molecular weight excluding hydrogens is 392 g/mol. The van der Waals surface area contributed by atoms with Crippen molar-refractivity contribution in [2.45, 2.75) is 5.92 Å². The summed E-state index contributed by atoms with van der Waals surface area (Å²) in [5, 5.41) is 4.39. The number of rotatable bonds is 0. The minimum atomic E-state index is 0.0272. The number of carbonyl (C=O) groups is 2. The fourth-order valence-corrected chi connectivity index (χ4v) is 6.44. The summed E-state index contributed by atoms with van der Waals surface area (Å²) in [4.78, 5) is 26.0. The van der Waals surface area contributed by atoms with Gasteiger partial charge in [-0.1, -0.05) is 60.7 Å². The average molecular weight is 408 g/mol. The minimum Gasteiger partial charge on any atom is -0.289 e. The van der Waals surface area contributed by atoms with E-state index >= 15 is 0 Å². The molecule has 0 heterocycles. The molecule has 0 aliphatic heterocycles. The van der Waals surface area contributed by atoms with E-state index in [1.54, 1.807) is 6.08 Å². The van der Waals surface area contributed by atoms with Crippen molar-refractivity contribution in [3.63, 3.8) is 0 Å². The molecular formula is C30H16O2. The van der Waals surface area contributed by atoms with Crippen LogP contribution in [0.15, 0.2) is 83.0 Å². The summed E-state index contributed by atoms with van der Waals surface area (Å²) in [5.74, 6) is 0.264. The fraction of sp³-hybridized carbons (Fsp3) is 0.0667. The summed E-state index contributed by atoms with van der Waals surface area (Å²) in [6.07, 6.45) is 18.2. The molecule has 2 atom stereocenters. The van der Waals surface area contributed by atoms with Gasteiger partial charge in [-0.25, -0.2) is 0 Å². The summed E-state index contributed by atoms with van der Waals surface area (Å²) in [6, 6.07) is 10.5. The Labute approximate surface area is 183 Å². The van der Waals surface area contributed by atoms with Crippen LogP contribution in [0.2, 0.25) is 0 Å². The lowest BCUT2D eigenvalue weighted by Gasteiger charge is -2.43. The molecule has 0 amide bonds. The van der Waals surface area contributed by atoms with Gasteiger partial charge >= 0.3 is 0 Å². The molecule has 0 fully saturated rings. The van der Waals surface area contributed by atoms with Crippen LogP contribution in [0, 0.1) is 5.92 Å². The second kappa shape index (κ2) is 5.41. The Morgan fingerprint density at radius 1 is 0.750 bits per heavy atom. The van der Waals surface area contributed by atoms with Crippen molar-refractivity contribution in [3.05, 3.63) is 121 Å². The zero-order chi connectivity index (χ0) is 21.1. The molecule has 8 rings (SSSR count). The van der Waals surface area contributed by atoms with Gasteiger partial charge in [-0.3, -0.25) is 9.59 Å². The predicted octanol–water partition coefficient (Wildman–Crippen LogP) is 2.13. The largest absolute Gasteiger partial charge is 0.289 e. The quantitative estimate of drug-likeness (QED) is 0.669. The lowest BCUT2D eigenvalue weighted by atomic mass is 9.59. The van der Waals surface area contributed by atoms with Crippen LogP contribution < -0.4 is 20.9 Å². The fourth-order valence-electron chi connectivity index (χ4n) is 6.44. The number of benzene rings is 2. The van der Waals surface area contributed by atoms with Crippen molar-refractivity contribution in [2.24, 2.45) is 5.92 Å². The molecule has 32 heavy (non-hydrogen) atoms. The smallest absolute Gasteiger partial charge is 0.186 e. The third-order valence-electron chi connectivity index (χ3n) is 7.68. The standard InChI is InChI=1S/C30H16O2/c31-25-7-3-6-20-21(25)11-16-8-9-17-12-22-19-5-2-1-4-15(19)10-18-13-26(32)24-14-23(20)27(16)29(17)30(24)28(18)22/h1-14,28-29H. The van der Waals surface area contributed by atoms with E-state index in [-0.39, 0.29) is 23.4 Å². The Morgan fingerprint density at radius 3 is 2.59 bits per heavy atom. The summed E-state index contributed by atoms with van der Waals surface area (Å²) >= 11 is 0. The Kier molecular flexibility index (Phi) is 2.81. The van der Waals surface area contributed by atoms with Crippen LogP contribution in [0.1, 0.15) is 27.4 Å². The van der Waals surface area contributed by atoms with Gasteiger partial charge in [0.25, 0.3) is 0 Å². The third-order valence-corrected chi connectivity index (χ3v) is 7.68.